The number of para-hydroxylation sites is 1. The summed E-state index contributed by atoms with van der Waals surface area (Å²) in [6.45, 7) is 7.11. The van der Waals surface area contributed by atoms with E-state index in [9.17, 15) is 9.59 Å². The third kappa shape index (κ3) is 8.78. The zero-order valence-electron chi connectivity index (χ0n) is 21.8. The van der Waals surface area contributed by atoms with Gasteiger partial charge >= 0.3 is 11.9 Å². The van der Waals surface area contributed by atoms with Crippen LogP contribution in [0.1, 0.15) is 54.9 Å². The minimum absolute atomic E-state index is 0.296. The third-order valence-corrected chi connectivity index (χ3v) is 6.51. The van der Waals surface area contributed by atoms with E-state index in [-0.39, 0.29) is 12.8 Å². The molecule has 3 aromatic rings. The Morgan fingerprint density at radius 2 is 1.61 bits per heavy atom. The molecule has 1 heterocycles. The number of nitrogens with one attached hydrogen (secondary N) is 2. The number of fused-ring (bicyclic) bond motifs is 1. The van der Waals surface area contributed by atoms with Gasteiger partial charge in [0, 0.05) is 6.54 Å². The number of carboxylic acids is 2. The van der Waals surface area contributed by atoms with E-state index in [0.29, 0.717) is 5.92 Å². The Labute approximate surface area is 228 Å². The lowest BCUT2D eigenvalue weighted by molar-refractivity contribution is -0.143. The molecule has 38 heavy (non-hydrogen) atoms. The van der Waals surface area contributed by atoms with Gasteiger partial charge in [-0.05, 0) is 78.4 Å². The molecule has 0 bridgehead atoms. The van der Waals surface area contributed by atoms with E-state index in [1.165, 1.54) is 22.3 Å². The number of carbonyl (C=O) groups is 2. The highest BCUT2D eigenvalue weighted by Crippen LogP contribution is 2.32. The first-order valence-corrected chi connectivity index (χ1v) is 13.2. The summed E-state index contributed by atoms with van der Waals surface area (Å²) in [6.07, 6.45) is 1.45. The lowest BCUT2D eigenvalue weighted by Gasteiger charge is -2.17. The van der Waals surface area contributed by atoms with E-state index < -0.39 is 11.9 Å². The zero-order valence-corrected chi connectivity index (χ0v) is 22.6. The van der Waals surface area contributed by atoms with E-state index in [4.69, 9.17) is 26.6 Å². The second-order valence-electron chi connectivity index (χ2n) is 9.39. The van der Waals surface area contributed by atoms with Gasteiger partial charge in [0.2, 0.25) is 0 Å². The SMILES string of the molecule is CC(C)c1ccccc1Oc1ccc(CNc2c(Cl)ccc3c2CCNCC3)cc1.O=C(O)CCC(=O)O. The van der Waals surface area contributed by atoms with Crippen LogP contribution in [0.4, 0.5) is 5.69 Å². The van der Waals surface area contributed by atoms with Crippen LogP contribution in [0.3, 0.4) is 0 Å². The van der Waals surface area contributed by atoms with Gasteiger partial charge in [-0.25, -0.2) is 0 Å². The lowest BCUT2D eigenvalue weighted by atomic mass is 10.0. The number of aliphatic carboxylic acids is 2. The second-order valence-corrected chi connectivity index (χ2v) is 9.80. The largest absolute Gasteiger partial charge is 0.481 e. The normalized spacial score (nSPS) is 12.5. The Morgan fingerprint density at radius 3 is 2.26 bits per heavy atom. The molecule has 4 N–H and O–H groups in total. The molecule has 1 aliphatic rings. The first kappa shape index (κ1) is 29.0. The molecule has 1 aliphatic heterocycles. The predicted octanol–water partition coefficient (Wildman–Crippen LogP) is 6.49. The monoisotopic (exact) mass is 538 g/mol. The van der Waals surface area contributed by atoms with Crippen molar-refractivity contribution in [1.29, 1.82) is 0 Å². The first-order valence-electron chi connectivity index (χ1n) is 12.8. The summed E-state index contributed by atoms with van der Waals surface area (Å²) in [5.41, 5.74) is 6.22. The van der Waals surface area contributed by atoms with Crippen molar-refractivity contribution < 1.29 is 24.5 Å². The van der Waals surface area contributed by atoms with Gasteiger partial charge < -0.3 is 25.6 Å². The standard InChI is InChI=1S/C26H29ClN2O.C4H6O4/c1-18(2)22-5-3-4-6-25(22)30-21-10-7-19(8-11-21)17-29-26-23-14-16-28-15-13-20(23)9-12-24(26)27;5-3(6)1-2-4(7)8/h3-12,18,28-29H,13-17H2,1-2H3;1-2H2,(H,5,6)(H,7,8). The van der Waals surface area contributed by atoms with Crippen LogP contribution in [0.2, 0.25) is 5.02 Å². The molecule has 8 heteroatoms. The topological polar surface area (TPSA) is 108 Å². The van der Waals surface area contributed by atoms with E-state index in [1.54, 1.807) is 0 Å². The maximum atomic E-state index is 9.64. The summed E-state index contributed by atoms with van der Waals surface area (Å²) < 4.78 is 6.15. The third-order valence-electron chi connectivity index (χ3n) is 6.20. The number of ether oxygens (including phenoxy) is 1. The van der Waals surface area contributed by atoms with Gasteiger partial charge in [-0.3, -0.25) is 9.59 Å². The van der Waals surface area contributed by atoms with Crippen molar-refractivity contribution in [2.45, 2.75) is 52.0 Å². The highest BCUT2D eigenvalue weighted by atomic mass is 35.5. The van der Waals surface area contributed by atoms with Crippen LogP contribution in [0.5, 0.6) is 11.5 Å². The van der Waals surface area contributed by atoms with E-state index in [0.717, 1.165) is 54.7 Å². The molecule has 0 aliphatic carbocycles. The van der Waals surface area contributed by atoms with Gasteiger partial charge in [0.15, 0.2) is 0 Å². The molecule has 0 fully saturated rings. The molecule has 3 aromatic carbocycles. The maximum Gasteiger partial charge on any atom is 0.303 e. The Balaban J connectivity index is 0.000000436. The van der Waals surface area contributed by atoms with Crippen molar-refractivity contribution in [3.63, 3.8) is 0 Å². The number of halogens is 1. The van der Waals surface area contributed by atoms with Crippen molar-refractivity contribution in [3.05, 3.63) is 87.9 Å². The summed E-state index contributed by atoms with van der Waals surface area (Å²) in [6, 6.07) is 20.7. The van der Waals surface area contributed by atoms with Crippen LogP contribution in [0.15, 0.2) is 60.7 Å². The van der Waals surface area contributed by atoms with Crippen molar-refractivity contribution in [2.75, 3.05) is 18.4 Å². The molecular formula is C30H35ClN2O5. The fraction of sp³-hybridized carbons (Fsp3) is 0.333. The quantitative estimate of drug-likeness (QED) is 0.246. The highest BCUT2D eigenvalue weighted by Gasteiger charge is 2.15. The van der Waals surface area contributed by atoms with Crippen LogP contribution in [0.25, 0.3) is 0 Å². The molecular weight excluding hydrogens is 504 g/mol. The Morgan fingerprint density at radius 1 is 0.947 bits per heavy atom. The van der Waals surface area contributed by atoms with Crippen LogP contribution >= 0.6 is 11.6 Å². The Kier molecular flexibility index (Phi) is 11.0. The number of benzene rings is 3. The Hall–Kier alpha value is -3.55. The average Bonchev–Trinajstić information content (AvgIpc) is 3.14. The van der Waals surface area contributed by atoms with Gasteiger partial charge in [0.05, 0.1) is 23.6 Å². The van der Waals surface area contributed by atoms with Crippen LogP contribution in [0, 0.1) is 0 Å². The van der Waals surface area contributed by atoms with Gasteiger partial charge in [-0.2, -0.15) is 0 Å². The molecule has 0 atom stereocenters. The summed E-state index contributed by atoms with van der Waals surface area (Å²) in [5.74, 6) is 0.0423. The summed E-state index contributed by atoms with van der Waals surface area (Å²) in [4.78, 5) is 19.3. The summed E-state index contributed by atoms with van der Waals surface area (Å²) in [5, 5.41) is 23.6. The van der Waals surface area contributed by atoms with Crippen LogP contribution in [-0.4, -0.2) is 35.2 Å². The fourth-order valence-corrected chi connectivity index (χ4v) is 4.44. The first-order chi connectivity index (χ1) is 18.2. The van der Waals surface area contributed by atoms with E-state index in [2.05, 4.69) is 54.8 Å². The maximum absolute atomic E-state index is 9.64. The van der Waals surface area contributed by atoms with Gasteiger partial charge in [-0.15, -0.1) is 0 Å². The van der Waals surface area contributed by atoms with Crippen molar-refractivity contribution >= 4 is 29.2 Å². The van der Waals surface area contributed by atoms with Crippen LogP contribution < -0.4 is 15.4 Å². The predicted molar refractivity (Wildman–Crippen MR) is 151 cm³/mol. The molecule has 0 spiro atoms. The number of carboxylic acid groups (broad SMARTS) is 2. The van der Waals surface area contributed by atoms with E-state index >= 15 is 0 Å². The minimum Gasteiger partial charge on any atom is -0.481 e. The zero-order chi connectivity index (χ0) is 27.5. The van der Waals surface area contributed by atoms with Gasteiger partial charge in [0.1, 0.15) is 11.5 Å². The van der Waals surface area contributed by atoms with E-state index in [1.807, 2.05) is 30.3 Å². The molecule has 0 saturated carbocycles. The minimum atomic E-state index is -1.08. The molecule has 0 saturated heterocycles. The molecule has 0 amide bonds. The second kappa shape index (κ2) is 14.4. The molecule has 0 aromatic heterocycles. The lowest BCUT2D eigenvalue weighted by Crippen LogP contribution is -2.16. The number of rotatable bonds is 9. The van der Waals surface area contributed by atoms with Crippen LogP contribution in [-0.2, 0) is 29.0 Å². The summed E-state index contributed by atoms with van der Waals surface area (Å²) in [7, 11) is 0. The molecule has 7 nitrogen and oxygen atoms in total. The Bertz CT molecular complexity index is 1210. The van der Waals surface area contributed by atoms with Crippen molar-refractivity contribution in [1.82, 2.24) is 5.32 Å². The molecule has 0 unspecified atom stereocenters. The van der Waals surface area contributed by atoms with Crippen molar-refractivity contribution in [2.24, 2.45) is 0 Å². The summed E-state index contributed by atoms with van der Waals surface area (Å²) >= 11 is 6.53. The number of hydrogen-bond donors (Lipinski definition) is 4. The van der Waals surface area contributed by atoms with Gasteiger partial charge in [0.25, 0.3) is 0 Å². The molecule has 0 radical (unpaired) electrons. The average molecular weight is 539 g/mol. The van der Waals surface area contributed by atoms with Gasteiger partial charge in [-0.1, -0.05) is 61.8 Å². The highest BCUT2D eigenvalue weighted by molar-refractivity contribution is 6.33. The number of anilines is 1. The number of hydrogen-bond acceptors (Lipinski definition) is 5. The fourth-order valence-electron chi connectivity index (χ4n) is 4.19. The smallest absolute Gasteiger partial charge is 0.303 e. The van der Waals surface area contributed by atoms with Crippen molar-refractivity contribution in [3.8, 4) is 11.5 Å². The molecule has 202 valence electrons. The molecule has 4 rings (SSSR count).